The standard InChI is InChI=1S/C21H24N2O4/c1-13-18-8-5-10-23-11-9-19(16(18)23)14-6-3-4-7-15(14)22-21(19,25)20(12-18,27-13)17(24)26-2/h3-8,13,16,22,25H,9-12H2,1-2H3/t13?,16-,18-,19+,20+,21-/m0/s1. The zero-order valence-corrected chi connectivity index (χ0v) is 15.6. The molecule has 3 fully saturated rings. The highest BCUT2D eigenvalue weighted by Gasteiger charge is 2.86. The van der Waals surface area contributed by atoms with Crippen molar-refractivity contribution >= 4 is 11.7 Å². The Bertz CT molecular complexity index is 902. The van der Waals surface area contributed by atoms with E-state index in [9.17, 15) is 9.90 Å². The number of benzene rings is 1. The number of hydrogen-bond acceptors (Lipinski definition) is 6. The monoisotopic (exact) mass is 368 g/mol. The minimum absolute atomic E-state index is 0.0754. The van der Waals surface area contributed by atoms with Gasteiger partial charge in [0.05, 0.1) is 18.6 Å². The molecular weight excluding hydrogens is 344 g/mol. The number of aliphatic hydroxyl groups is 1. The summed E-state index contributed by atoms with van der Waals surface area (Å²) < 4.78 is 11.6. The second kappa shape index (κ2) is 4.57. The number of carbonyl (C=O) groups is 1. The topological polar surface area (TPSA) is 71.0 Å². The lowest BCUT2D eigenvalue weighted by Gasteiger charge is -2.59. The van der Waals surface area contributed by atoms with Crippen LogP contribution < -0.4 is 5.32 Å². The molecule has 0 radical (unpaired) electrons. The number of nitrogens with one attached hydrogen (secondary N) is 1. The molecule has 6 rings (SSSR count). The number of carbonyl (C=O) groups excluding carboxylic acids is 1. The van der Waals surface area contributed by atoms with Gasteiger partial charge in [0.25, 0.3) is 0 Å². The van der Waals surface area contributed by atoms with Gasteiger partial charge in [-0.2, -0.15) is 0 Å². The van der Waals surface area contributed by atoms with Gasteiger partial charge >= 0.3 is 5.97 Å². The molecule has 1 aromatic rings. The van der Waals surface area contributed by atoms with Gasteiger partial charge in [-0.05, 0) is 31.5 Å². The maximum Gasteiger partial charge on any atom is 0.343 e. The van der Waals surface area contributed by atoms with Gasteiger partial charge in [0.15, 0.2) is 5.72 Å². The number of para-hydroxylation sites is 1. The lowest BCUT2D eigenvalue weighted by molar-refractivity contribution is -0.216. The van der Waals surface area contributed by atoms with Crippen molar-refractivity contribution in [1.82, 2.24) is 4.90 Å². The third-order valence-corrected chi connectivity index (χ3v) is 8.06. The van der Waals surface area contributed by atoms with E-state index in [0.29, 0.717) is 6.42 Å². The molecule has 1 aromatic carbocycles. The fourth-order valence-electron chi connectivity index (χ4n) is 7.18. The van der Waals surface area contributed by atoms with E-state index in [4.69, 9.17) is 9.47 Å². The first-order chi connectivity index (χ1) is 13.0. The number of hydrogen-bond donors (Lipinski definition) is 2. The smallest absolute Gasteiger partial charge is 0.343 e. The first-order valence-corrected chi connectivity index (χ1v) is 9.73. The number of ether oxygens (including phenoxy) is 2. The first kappa shape index (κ1) is 16.1. The third-order valence-electron chi connectivity index (χ3n) is 8.06. The Morgan fingerprint density at radius 3 is 3.04 bits per heavy atom. The fourth-order valence-corrected chi connectivity index (χ4v) is 7.18. The van der Waals surface area contributed by atoms with E-state index in [1.165, 1.54) is 7.11 Å². The van der Waals surface area contributed by atoms with Crippen LogP contribution in [0, 0.1) is 5.41 Å². The van der Waals surface area contributed by atoms with E-state index in [-0.39, 0.29) is 17.6 Å². The quantitative estimate of drug-likeness (QED) is 0.577. The Kier molecular flexibility index (Phi) is 2.72. The van der Waals surface area contributed by atoms with Crippen molar-refractivity contribution in [2.45, 2.75) is 48.7 Å². The normalized spacial score (nSPS) is 48.6. The van der Waals surface area contributed by atoms with Crippen LogP contribution in [-0.2, 0) is 19.7 Å². The van der Waals surface area contributed by atoms with Crippen molar-refractivity contribution in [2.75, 3.05) is 25.5 Å². The van der Waals surface area contributed by atoms with Crippen LogP contribution in [0.25, 0.3) is 0 Å². The van der Waals surface area contributed by atoms with Crippen molar-refractivity contribution in [3.8, 4) is 0 Å². The molecule has 6 atom stereocenters. The molecule has 2 saturated heterocycles. The summed E-state index contributed by atoms with van der Waals surface area (Å²) in [7, 11) is 1.37. The second-order valence-electron chi connectivity index (χ2n) is 8.77. The Hall–Kier alpha value is -1.89. The summed E-state index contributed by atoms with van der Waals surface area (Å²) in [5, 5.41) is 15.7. The van der Waals surface area contributed by atoms with E-state index >= 15 is 0 Å². The highest BCUT2D eigenvalue weighted by atomic mass is 16.6. The van der Waals surface area contributed by atoms with Gasteiger partial charge in [0.2, 0.25) is 5.60 Å². The number of nitrogens with zero attached hydrogens (tertiary/aromatic N) is 1. The first-order valence-electron chi connectivity index (χ1n) is 9.73. The average Bonchev–Trinajstić information content (AvgIpc) is 3.28. The minimum atomic E-state index is -1.55. The summed E-state index contributed by atoms with van der Waals surface area (Å²) in [4.78, 5) is 15.6. The molecule has 4 aliphatic heterocycles. The number of fused-ring (bicyclic) bond motifs is 3. The number of methoxy groups -OCH3 is 1. The minimum Gasteiger partial charge on any atom is -0.467 e. The molecule has 27 heavy (non-hydrogen) atoms. The summed E-state index contributed by atoms with van der Waals surface area (Å²) in [6.45, 7) is 3.78. The summed E-state index contributed by atoms with van der Waals surface area (Å²) in [6.07, 6.45) is 5.44. The maximum absolute atomic E-state index is 13.1. The summed E-state index contributed by atoms with van der Waals surface area (Å²) in [5.74, 6) is -0.496. The Balaban J connectivity index is 1.72. The average molecular weight is 368 g/mol. The number of anilines is 1. The predicted molar refractivity (Wildman–Crippen MR) is 98.2 cm³/mol. The van der Waals surface area contributed by atoms with Crippen molar-refractivity contribution in [3.63, 3.8) is 0 Å². The summed E-state index contributed by atoms with van der Waals surface area (Å²) >= 11 is 0. The summed E-state index contributed by atoms with van der Waals surface area (Å²) in [5.41, 5.74) is -1.95. The Morgan fingerprint density at radius 1 is 1.41 bits per heavy atom. The molecule has 0 aromatic heterocycles. The van der Waals surface area contributed by atoms with Gasteiger partial charge in [-0.15, -0.1) is 0 Å². The van der Waals surface area contributed by atoms with E-state index < -0.39 is 22.7 Å². The lowest BCUT2D eigenvalue weighted by Crippen LogP contribution is -2.77. The van der Waals surface area contributed by atoms with Gasteiger partial charge in [-0.1, -0.05) is 30.4 Å². The van der Waals surface area contributed by atoms with Crippen LogP contribution in [0.3, 0.4) is 0 Å². The van der Waals surface area contributed by atoms with Crippen LogP contribution in [0.5, 0.6) is 0 Å². The van der Waals surface area contributed by atoms with Gasteiger partial charge < -0.3 is 19.9 Å². The van der Waals surface area contributed by atoms with Crippen LogP contribution in [0.4, 0.5) is 5.69 Å². The van der Waals surface area contributed by atoms with E-state index in [0.717, 1.165) is 30.8 Å². The van der Waals surface area contributed by atoms with Crippen molar-refractivity contribution in [2.24, 2.45) is 5.41 Å². The predicted octanol–water partition coefficient (Wildman–Crippen LogP) is 1.40. The molecule has 2 spiro atoms. The molecular formula is C21H24N2O4. The maximum atomic E-state index is 13.1. The van der Waals surface area contributed by atoms with Gasteiger partial charge in [0, 0.05) is 30.1 Å². The zero-order valence-electron chi connectivity index (χ0n) is 15.6. The number of rotatable bonds is 1. The highest BCUT2D eigenvalue weighted by molar-refractivity contribution is 5.87. The molecule has 4 heterocycles. The molecule has 0 amide bonds. The second-order valence-corrected chi connectivity index (χ2v) is 8.77. The molecule has 1 saturated carbocycles. The molecule has 1 aliphatic carbocycles. The lowest BCUT2D eigenvalue weighted by atomic mass is 9.49. The van der Waals surface area contributed by atoms with E-state index in [1.54, 1.807) is 0 Å². The Labute approximate surface area is 158 Å². The molecule has 142 valence electrons. The largest absolute Gasteiger partial charge is 0.467 e. The molecule has 6 heteroatoms. The molecule has 1 unspecified atom stereocenters. The summed E-state index contributed by atoms with van der Waals surface area (Å²) in [6, 6.07) is 8.12. The van der Waals surface area contributed by atoms with Crippen molar-refractivity contribution < 1.29 is 19.4 Å². The molecule has 5 aliphatic rings. The third kappa shape index (κ3) is 1.39. The van der Waals surface area contributed by atoms with Crippen LogP contribution in [-0.4, -0.2) is 59.6 Å². The SMILES string of the molecule is COC(=O)[C@]12C[C@@]3(C=CCN4CC[C@@]5(c6ccccc6N[C@@]15O)[C@@H]43)C(C)O2. The van der Waals surface area contributed by atoms with Gasteiger partial charge in [0.1, 0.15) is 0 Å². The Morgan fingerprint density at radius 2 is 2.22 bits per heavy atom. The van der Waals surface area contributed by atoms with Gasteiger partial charge in [-0.25, -0.2) is 4.79 Å². The van der Waals surface area contributed by atoms with E-state index in [1.807, 2.05) is 25.1 Å². The van der Waals surface area contributed by atoms with Crippen molar-refractivity contribution in [3.05, 3.63) is 42.0 Å². The highest BCUT2D eigenvalue weighted by Crippen LogP contribution is 2.72. The van der Waals surface area contributed by atoms with E-state index in [2.05, 4.69) is 28.4 Å². The molecule has 6 nitrogen and oxygen atoms in total. The molecule has 2 N–H and O–H groups in total. The van der Waals surface area contributed by atoms with Crippen molar-refractivity contribution in [1.29, 1.82) is 0 Å². The zero-order chi connectivity index (χ0) is 18.7. The van der Waals surface area contributed by atoms with Crippen LogP contribution in [0.2, 0.25) is 0 Å². The van der Waals surface area contributed by atoms with Crippen LogP contribution in [0.15, 0.2) is 36.4 Å². The van der Waals surface area contributed by atoms with Gasteiger partial charge in [-0.3, -0.25) is 4.90 Å². The van der Waals surface area contributed by atoms with Crippen LogP contribution in [0.1, 0.15) is 25.3 Å². The van der Waals surface area contributed by atoms with Crippen LogP contribution >= 0.6 is 0 Å². The fraction of sp³-hybridized carbons (Fsp3) is 0.571. The molecule has 2 bridgehead atoms. The number of esters is 1.